The molecule has 0 saturated heterocycles. The standard InChI is InChI=1S/C20H22F2N4O5S.ClH/c1-26(2)6-7-31-20(27)25-32(28,29)24-18-9-12(4-5-19(18)30-3)16-10-13-8-14(21)15(22)11-17(13)23-16;/h4-5,8-11,23-24H,6-7H2,1-3H3,(H,25,27);1H. The highest BCUT2D eigenvalue weighted by molar-refractivity contribution is 7.91. The third-order valence-corrected chi connectivity index (χ3v) is 5.33. The molecule has 0 atom stereocenters. The zero-order valence-electron chi connectivity index (χ0n) is 17.9. The van der Waals surface area contributed by atoms with Crippen molar-refractivity contribution in [2.45, 2.75) is 0 Å². The minimum atomic E-state index is -4.33. The lowest BCUT2D eigenvalue weighted by Gasteiger charge is -2.14. The SMILES string of the molecule is COc1ccc(-c2cc3cc(F)c(F)cc3[nH]2)cc1NS(=O)(=O)NC(=O)OCCN(C)C.Cl. The lowest BCUT2D eigenvalue weighted by Crippen LogP contribution is -2.36. The number of benzene rings is 2. The number of hydrogen-bond acceptors (Lipinski definition) is 6. The van der Waals surface area contributed by atoms with Gasteiger partial charge in [-0.15, -0.1) is 12.4 Å². The van der Waals surface area contributed by atoms with E-state index in [2.05, 4.69) is 9.71 Å². The van der Waals surface area contributed by atoms with Crippen LogP contribution in [0.4, 0.5) is 19.3 Å². The number of ether oxygens (including phenoxy) is 2. The summed E-state index contributed by atoms with van der Waals surface area (Å²) in [5.41, 5.74) is 1.41. The zero-order valence-corrected chi connectivity index (χ0v) is 19.6. The van der Waals surface area contributed by atoms with Crippen LogP contribution in [0.3, 0.4) is 0 Å². The van der Waals surface area contributed by atoms with E-state index in [9.17, 15) is 22.0 Å². The van der Waals surface area contributed by atoms with Gasteiger partial charge in [0.05, 0.1) is 12.8 Å². The highest BCUT2D eigenvalue weighted by Crippen LogP contribution is 2.32. The number of nitrogens with zero attached hydrogens (tertiary/aromatic N) is 1. The number of methoxy groups -OCH3 is 1. The average Bonchev–Trinajstić information content (AvgIpc) is 3.09. The summed E-state index contributed by atoms with van der Waals surface area (Å²) in [4.78, 5) is 16.5. The molecule has 180 valence electrons. The van der Waals surface area contributed by atoms with Crippen molar-refractivity contribution in [2.75, 3.05) is 39.1 Å². The molecule has 0 radical (unpaired) electrons. The molecule has 0 bridgehead atoms. The Morgan fingerprint density at radius 2 is 1.82 bits per heavy atom. The summed E-state index contributed by atoms with van der Waals surface area (Å²) in [5, 5.41) is 0.444. The van der Waals surface area contributed by atoms with Crippen molar-refractivity contribution in [2.24, 2.45) is 0 Å². The van der Waals surface area contributed by atoms with E-state index in [0.717, 1.165) is 12.1 Å². The number of amides is 1. The molecule has 0 spiro atoms. The second-order valence-electron chi connectivity index (χ2n) is 7.10. The third kappa shape index (κ3) is 6.70. The summed E-state index contributed by atoms with van der Waals surface area (Å²) in [6, 6.07) is 8.29. The zero-order chi connectivity index (χ0) is 23.5. The topological polar surface area (TPSA) is 113 Å². The molecule has 0 saturated carbocycles. The summed E-state index contributed by atoms with van der Waals surface area (Å²) in [6.07, 6.45) is -1.13. The summed E-state index contributed by atoms with van der Waals surface area (Å²) in [5.74, 6) is -1.78. The van der Waals surface area contributed by atoms with E-state index in [0.29, 0.717) is 28.7 Å². The van der Waals surface area contributed by atoms with Crippen molar-refractivity contribution >= 4 is 45.3 Å². The van der Waals surface area contributed by atoms with Gasteiger partial charge in [0, 0.05) is 34.8 Å². The van der Waals surface area contributed by atoms with Crippen LogP contribution < -0.4 is 14.2 Å². The Morgan fingerprint density at radius 1 is 1.12 bits per heavy atom. The number of anilines is 1. The van der Waals surface area contributed by atoms with Crippen LogP contribution in [-0.4, -0.2) is 58.8 Å². The Hall–Kier alpha value is -3.09. The molecular weight excluding hydrogens is 482 g/mol. The minimum absolute atomic E-state index is 0. The Bertz CT molecular complexity index is 1210. The first kappa shape index (κ1) is 26.2. The number of rotatable bonds is 8. The van der Waals surface area contributed by atoms with E-state index < -0.39 is 27.9 Å². The number of carbonyl (C=O) groups is 1. The Balaban J connectivity index is 0.00000385. The molecule has 9 nitrogen and oxygen atoms in total. The van der Waals surface area contributed by atoms with Gasteiger partial charge in [-0.2, -0.15) is 8.42 Å². The number of H-pyrrole nitrogens is 1. The van der Waals surface area contributed by atoms with Gasteiger partial charge < -0.3 is 19.4 Å². The summed E-state index contributed by atoms with van der Waals surface area (Å²) in [6.45, 7) is 0.434. The normalized spacial score (nSPS) is 11.2. The van der Waals surface area contributed by atoms with Crippen LogP contribution in [0.15, 0.2) is 36.4 Å². The molecule has 0 aliphatic heterocycles. The van der Waals surface area contributed by atoms with Crippen LogP contribution in [-0.2, 0) is 14.9 Å². The molecule has 13 heteroatoms. The van der Waals surface area contributed by atoms with E-state index in [4.69, 9.17) is 9.47 Å². The molecule has 1 heterocycles. The monoisotopic (exact) mass is 504 g/mol. The minimum Gasteiger partial charge on any atom is -0.495 e. The van der Waals surface area contributed by atoms with E-state index in [1.54, 1.807) is 35.9 Å². The molecule has 2 aromatic carbocycles. The van der Waals surface area contributed by atoms with Gasteiger partial charge in [-0.3, -0.25) is 4.72 Å². The van der Waals surface area contributed by atoms with Crippen molar-refractivity contribution in [3.8, 4) is 17.0 Å². The maximum absolute atomic E-state index is 13.5. The largest absolute Gasteiger partial charge is 0.495 e. The fourth-order valence-electron chi connectivity index (χ4n) is 2.87. The second kappa shape index (κ2) is 10.7. The van der Waals surface area contributed by atoms with Gasteiger partial charge in [0.1, 0.15) is 12.4 Å². The lowest BCUT2D eigenvalue weighted by atomic mass is 10.1. The molecule has 1 aromatic heterocycles. The predicted molar refractivity (Wildman–Crippen MR) is 123 cm³/mol. The molecule has 3 N–H and O–H groups in total. The Morgan fingerprint density at radius 3 is 2.48 bits per heavy atom. The number of fused-ring (bicyclic) bond motifs is 1. The van der Waals surface area contributed by atoms with Crippen LogP contribution in [0.5, 0.6) is 5.75 Å². The van der Waals surface area contributed by atoms with E-state index in [1.807, 2.05) is 0 Å². The van der Waals surface area contributed by atoms with Crippen molar-refractivity contribution in [1.29, 1.82) is 0 Å². The van der Waals surface area contributed by atoms with Gasteiger partial charge in [-0.25, -0.2) is 18.3 Å². The highest BCUT2D eigenvalue weighted by Gasteiger charge is 2.19. The highest BCUT2D eigenvalue weighted by atomic mass is 35.5. The van der Waals surface area contributed by atoms with Gasteiger partial charge >= 0.3 is 16.3 Å². The fourth-order valence-corrected chi connectivity index (χ4v) is 3.65. The van der Waals surface area contributed by atoms with Crippen molar-refractivity contribution in [3.63, 3.8) is 0 Å². The van der Waals surface area contributed by atoms with E-state index >= 15 is 0 Å². The first-order chi connectivity index (χ1) is 15.1. The van der Waals surface area contributed by atoms with Crippen molar-refractivity contribution in [1.82, 2.24) is 14.6 Å². The molecule has 3 rings (SSSR count). The van der Waals surface area contributed by atoms with Gasteiger partial charge in [-0.05, 0) is 44.4 Å². The predicted octanol–water partition coefficient (Wildman–Crippen LogP) is 3.49. The fraction of sp³-hybridized carbons (Fsp3) is 0.250. The number of hydrogen-bond donors (Lipinski definition) is 3. The first-order valence-corrected chi connectivity index (χ1v) is 10.8. The van der Waals surface area contributed by atoms with Crippen LogP contribution in [0, 0.1) is 11.6 Å². The Kier molecular flexibility index (Phi) is 8.47. The molecule has 0 unspecified atom stereocenters. The maximum Gasteiger partial charge on any atom is 0.422 e. The smallest absolute Gasteiger partial charge is 0.422 e. The summed E-state index contributed by atoms with van der Waals surface area (Å²) in [7, 11) is 0.575. The van der Waals surface area contributed by atoms with E-state index in [1.165, 1.54) is 19.2 Å². The number of likely N-dealkylation sites (N-methyl/N-ethyl adjacent to an activating group) is 1. The van der Waals surface area contributed by atoms with Crippen molar-refractivity contribution in [3.05, 3.63) is 48.0 Å². The molecular formula is C20H23ClF2N4O5S. The second-order valence-corrected chi connectivity index (χ2v) is 8.51. The van der Waals surface area contributed by atoms with Crippen LogP contribution in [0.1, 0.15) is 0 Å². The number of nitrogens with one attached hydrogen (secondary N) is 3. The van der Waals surface area contributed by atoms with Gasteiger partial charge in [-0.1, -0.05) is 0 Å². The van der Waals surface area contributed by atoms with E-state index in [-0.39, 0.29) is 30.5 Å². The average molecular weight is 505 g/mol. The number of halogens is 3. The number of aromatic nitrogens is 1. The third-order valence-electron chi connectivity index (χ3n) is 4.41. The van der Waals surface area contributed by atoms with Crippen LogP contribution in [0.25, 0.3) is 22.2 Å². The number of carbonyl (C=O) groups excluding carboxylic acids is 1. The lowest BCUT2D eigenvalue weighted by molar-refractivity contribution is 0.142. The molecule has 33 heavy (non-hydrogen) atoms. The van der Waals surface area contributed by atoms with Gasteiger partial charge in [0.25, 0.3) is 0 Å². The van der Waals surface area contributed by atoms with Crippen molar-refractivity contribution < 1.29 is 31.5 Å². The van der Waals surface area contributed by atoms with Gasteiger partial charge in [0.2, 0.25) is 0 Å². The summed E-state index contributed by atoms with van der Waals surface area (Å²) < 4.78 is 65.7. The summed E-state index contributed by atoms with van der Waals surface area (Å²) >= 11 is 0. The first-order valence-electron chi connectivity index (χ1n) is 9.36. The van der Waals surface area contributed by atoms with Crippen LogP contribution >= 0.6 is 12.4 Å². The van der Waals surface area contributed by atoms with Crippen LogP contribution in [0.2, 0.25) is 0 Å². The Labute approximate surface area is 195 Å². The number of aromatic amines is 1. The maximum atomic E-state index is 13.5. The molecule has 0 aliphatic carbocycles. The molecule has 0 aliphatic rings. The quantitative estimate of drug-likeness (QED) is 0.433. The molecule has 1 amide bonds. The molecule has 0 fully saturated rings. The van der Waals surface area contributed by atoms with Gasteiger partial charge in [0.15, 0.2) is 11.6 Å². The molecule has 3 aromatic rings.